The predicted octanol–water partition coefficient (Wildman–Crippen LogP) is 4.00. The molecule has 2 nitrogen and oxygen atoms in total. The first kappa shape index (κ1) is 14.2. The number of carbonyl (C=O) groups is 1. The molecule has 1 amide bonds. The van der Waals surface area contributed by atoms with E-state index in [0.29, 0.717) is 10.6 Å². The van der Waals surface area contributed by atoms with Crippen molar-refractivity contribution in [3.63, 3.8) is 0 Å². The summed E-state index contributed by atoms with van der Waals surface area (Å²) in [4.78, 5) is 11.6. The standard InChI is InChI=1S/C9H6Cl5NO/c10-6-3-1-5(2-4-6)7(16)15-8(11)9(12,13)14/h1-4,8H,(H,15,16). The average Bonchev–Trinajstić information content (AvgIpc) is 2.17. The minimum Gasteiger partial charge on any atom is -0.332 e. The van der Waals surface area contributed by atoms with Crippen molar-refractivity contribution in [1.82, 2.24) is 5.32 Å². The van der Waals surface area contributed by atoms with Crippen molar-refractivity contribution in [3.8, 4) is 0 Å². The predicted molar refractivity (Wildman–Crippen MR) is 68.8 cm³/mol. The molecule has 0 aromatic heterocycles. The van der Waals surface area contributed by atoms with Crippen LogP contribution < -0.4 is 5.32 Å². The number of hydrogen-bond donors (Lipinski definition) is 1. The molecule has 0 aliphatic heterocycles. The van der Waals surface area contributed by atoms with Gasteiger partial charge in [0, 0.05) is 10.6 Å². The highest BCUT2D eigenvalue weighted by molar-refractivity contribution is 6.70. The lowest BCUT2D eigenvalue weighted by atomic mass is 10.2. The van der Waals surface area contributed by atoms with Crippen LogP contribution in [-0.2, 0) is 0 Å². The van der Waals surface area contributed by atoms with E-state index in [0.717, 1.165) is 0 Å². The van der Waals surface area contributed by atoms with E-state index in [1.54, 1.807) is 24.3 Å². The maximum atomic E-state index is 11.6. The van der Waals surface area contributed by atoms with Crippen molar-refractivity contribution in [1.29, 1.82) is 0 Å². The maximum Gasteiger partial charge on any atom is 0.252 e. The van der Waals surface area contributed by atoms with E-state index in [9.17, 15) is 4.79 Å². The number of amides is 1. The van der Waals surface area contributed by atoms with Crippen LogP contribution >= 0.6 is 58.0 Å². The molecule has 1 aromatic carbocycles. The molecule has 0 saturated carbocycles. The molecule has 0 saturated heterocycles. The van der Waals surface area contributed by atoms with Gasteiger partial charge in [-0.05, 0) is 24.3 Å². The van der Waals surface area contributed by atoms with Crippen LogP contribution in [0.5, 0.6) is 0 Å². The highest BCUT2D eigenvalue weighted by atomic mass is 35.6. The Bertz CT molecular complexity index is 372. The molecular weight excluding hydrogens is 315 g/mol. The Hall–Kier alpha value is 0.140. The topological polar surface area (TPSA) is 29.1 Å². The number of rotatable bonds is 2. The minimum absolute atomic E-state index is 0.379. The van der Waals surface area contributed by atoms with E-state index >= 15 is 0 Å². The lowest BCUT2D eigenvalue weighted by Crippen LogP contribution is -2.39. The molecule has 0 bridgehead atoms. The summed E-state index contributed by atoms with van der Waals surface area (Å²) in [5, 5.41) is 2.87. The first-order valence-corrected chi connectivity index (χ1v) is 6.03. The minimum atomic E-state index is -1.76. The number of halogens is 5. The lowest BCUT2D eigenvalue weighted by Gasteiger charge is -2.19. The second-order valence-corrected chi connectivity index (χ2v) is 6.13. The largest absolute Gasteiger partial charge is 0.332 e. The van der Waals surface area contributed by atoms with Crippen molar-refractivity contribution in [3.05, 3.63) is 34.9 Å². The van der Waals surface area contributed by atoms with Crippen molar-refractivity contribution in [2.75, 3.05) is 0 Å². The molecule has 0 aliphatic carbocycles. The molecule has 16 heavy (non-hydrogen) atoms. The van der Waals surface area contributed by atoms with Gasteiger partial charge in [0.25, 0.3) is 5.91 Å². The van der Waals surface area contributed by atoms with Gasteiger partial charge in [0.15, 0.2) is 5.50 Å². The van der Waals surface area contributed by atoms with Crippen LogP contribution in [0.3, 0.4) is 0 Å². The number of nitrogens with one attached hydrogen (secondary N) is 1. The summed E-state index contributed by atoms with van der Waals surface area (Å²) in [5.74, 6) is -0.442. The van der Waals surface area contributed by atoms with Crippen molar-refractivity contribution >= 4 is 63.9 Å². The summed E-state index contributed by atoms with van der Waals surface area (Å²) in [7, 11) is 0. The Labute approximate surface area is 118 Å². The molecule has 1 unspecified atom stereocenters. The first-order chi connectivity index (χ1) is 7.30. The second kappa shape index (κ2) is 5.65. The van der Waals surface area contributed by atoms with Crippen molar-refractivity contribution in [2.24, 2.45) is 0 Å². The van der Waals surface area contributed by atoms with Gasteiger partial charge < -0.3 is 5.32 Å². The normalized spacial score (nSPS) is 13.3. The fourth-order valence-electron chi connectivity index (χ4n) is 0.882. The fourth-order valence-corrected chi connectivity index (χ4v) is 1.27. The van der Waals surface area contributed by atoms with E-state index < -0.39 is 15.2 Å². The zero-order valence-corrected chi connectivity index (χ0v) is 11.5. The molecule has 0 aliphatic rings. The highest BCUT2D eigenvalue weighted by Crippen LogP contribution is 2.32. The van der Waals surface area contributed by atoms with Crippen LogP contribution in [0.2, 0.25) is 5.02 Å². The number of benzene rings is 1. The third-order valence-corrected chi connectivity index (χ3v) is 3.33. The molecule has 1 atom stereocenters. The Kier molecular flexibility index (Phi) is 5.02. The first-order valence-electron chi connectivity index (χ1n) is 4.08. The summed E-state index contributed by atoms with van der Waals surface area (Å²) in [6.07, 6.45) is 0. The summed E-state index contributed by atoms with van der Waals surface area (Å²) < 4.78 is -1.76. The van der Waals surface area contributed by atoms with Crippen LogP contribution in [0.15, 0.2) is 24.3 Å². The lowest BCUT2D eigenvalue weighted by molar-refractivity contribution is 0.0949. The Morgan fingerprint density at radius 2 is 1.69 bits per heavy atom. The molecule has 0 fully saturated rings. The summed E-state index contributed by atoms with van der Waals surface area (Å²) in [5.41, 5.74) is -0.732. The van der Waals surface area contributed by atoms with E-state index in [1.165, 1.54) is 0 Å². The summed E-state index contributed by atoms with van der Waals surface area (Å²) >= 11 is 27.9. The number of carbonyl (C=O) groups excluding carboxylic acids is 1. The smallest absolute Gasteiger partial charge is 0.252 e. The van der Waals surface area contributed by atoms with Gasteiger partial charge in [-0.3, -0.25) is 4.79 Å². The Balaban J connectivity index is 2.70. The molecular formula is C9H6Cl5NO. The third-order valence-electron chi connectivity index (χ3n) is 1.65. The van der Waals surface area contributed by atoms with E-state index in [2.05, 4.69) is 5.32 Å². The van der Waals surface area contributed by atoms with E-state index in [1.807, 2.05) is 0 Å². The van der Waals surface area contributed by atoms with Gasteiger partial charge in [0.2, 0.25) is 3.79 Å². The fraction of sp³-hybridized carbons (Fsp3) is 0.222. The molecule has 1 N–H and O–H groups in total. The molecule has 0 spiro atoms. The zero-order chi connectivity index (χ0) is 12.3. The molecule has 1 aromatic rings. The second-order valence-electron chi connectivity index (χ2n) is 2.88. The van der Waals surface area contributed by atoms with Gasteiger partial charge in [-0.15, -0.1) is 0 Å². The summed E-state index contributed by atoms with van der Waals surface area (Å²) in [6, 6.07) is 6.24. The SMILES string of the molecule is O=C(NC(Cl)C(Cl)(Cl)Cl)c1ccc(Cl)cc1. The van der Waals surface area contributed by atoms with Gasteiger partial charge in [-0.25, -0.2) is 0 Å². The van der Waals surface area contributed by atoms with Crippen molar-refractivity contribution < 1.29 is 4.79 Å². The zero-order valence-electron chi connectivity index (χ0n) is 7.68. The van der Waals surface area contributed by atoms with E-state index in [4.69, 9.17) is 58.0 Å². The molecule has 1 rings (SSSR count). The van der Waals surface area contributed by atoms with Crippen molar-refractivity contribution in [2.45, 2.75) is 9.29 Å². The van der Waals surface area contributed by atoms with Crippen LogP contribution in [0.1, 0.15) is 10.4 Å². The van der Waals surface area contributed by atoms with Gasteiger partial charge in [-0.2, -0.15) is 0 Å². The number of hydrogen-bond acceptors (Lipinski definition) is 1. The van der Waals surface area contributed by atoms with Crippen LogP contribution in [0, 0.1) is 0 Å². The monoisotopic (exact) mass is 319 g/mol. The van der Waals surface area contributed by atoms with Gasteiger partial charge in [0.1, 0.15) is 0 Å². The van der Waals surface area contributed by atoms with E-state index in [-0.39, 0.29) is 0 Å². The third kappa shape index (κ3) is 4.19. The summed E-state index contributed by atoms with van der Waals surface area (Å²) in [6.45, 7) is 0. The Morgan fingerprint density at radius 1 is 1.19 bits per heavy atom. The van der Waals surface area contributed by atoms with Gasteiger partial charge >= 0.3 is 0 Å². The molecule has 88 valence electrons. The van der Waals surface area contributed by atoms with Crippen LogP contribution in [0.25, 0.3) is 0 Å². The Morgan fingerprint density at radius 3 is 2.12 bits per heavy atom. The molecule has 0 radical (unpaired) electrons. The average molecular weight is 321 g/mol. The maximum absolute atomic E-state index is 11.6. The molecule has 7 heteroatoms. The van der Waals surface area contributed by atoms with Gasteiger partial charge in [0.05, 0.1) is 0 Å². The van der Waals surface area contributed by atoms with Gasteiger partial charge in [-0.1, -0.05) is 58.0 Å². The molecule has 0 heterocycles. The van der Waals surface area contributed by atoms with Crippen LogP contribution in [0.4, 0.5) is 0 Å². The number of alkyl halides is 4. The quantitative estimate of drug-likeness (QED) is 0.647. The van der Waals surface area contributed by atoms with Crippen LogP contribution in [-0.4, -0.2) is 15.2 Å². The highest BCUT2D eigenvalue weighted by Gasteiger charge is 2.32.